The van der Waals surface area contributed by atoms with Gasteiger partial charge < -0.3 is 9.32 Å². The fraction of sp³-hybridized carbons (Fsp3) is 0.667. The van der Waals surface area contributed by atoms with E-state index in [4.69, 9.17) is 4.42 Å². The van der Waals surface area contributed by atoms with Crippen LogP contribution in [0.2, 0.25) is 0 Å². The van der Waals surface area contributed by atoms with Crippen LogP contribution in [0.3, 0.4) is 0 Å². The molecule has 1 atom stereocenters. The maximum absolute atomic E-state index is 5.28. The van der Waals surface area contributed by atoms with Crippen molar-refractivity contribution in [3.63, 3.8) is 0 Å². The first-order chi connectivity index (χ1) is 5.86. The maximum Gasteiger partial charge on any atom is 0.180 e. The van der Waals surface area contributed by atoms with E-state index in [-0.39, 0.29) is 0 Å². The van der Waals surface area contributed by atoms with Crippen molar-refractivity contribution < 1.29 is 4.42 Å². The minimum Gasteiger partial charge on any atom is -0.448 e. The molecule has 3 nitrogen and oxygen atoms in total. The minimum absolute atomic E-state index is 0.561. The van der Waals surface area contributed by atoms with Gasteiger partial charge in [-0.3, -0.25) is 0 Å². The largest absolute Gasteiger partial charge is 0.448 e. The van der Waals surface area contributed by atoms with Gasteiger partial charge in [-0.1, -0.05) is 0 Å². The maximum atomic E-state index is 5.28. The first kappa shape index (κ1) is 7.80. The van der Waals surface area contributed by atoms with Crippen LogP contribution in [0.25, 0.3) is 0 Å². The van der Waals surface area contributed by atoms with Gasteiger partial charge in [0.2, 0.25) is 0 Å². The Hall–Kier alpha value is -0.830. The molecule has 0 amide bonds. The number of oxazole rings is 1. The Morgan fingerprint density at radius 2 is 2.58 bits per heavy atom. The van der Waals surface area contributed by atoms with Crippen molar-refractivity contribution in [1.29, 1.82) is 0 Å². The molecule has 1 aliphatic heterocycles. The van der Waals surface area contributed by atoms with Crippen molar-refractivity contribution >= 4 is 0 Å². The number of likely N-dealkylation sites (tertiary alicyclic amines) is 1. The molecule has 0 N–H and O–H groups in total. The van der Waals surface area contributed by atoms with E-state index >= 15 is 0 Å². The molecule has 0 aromatic carbocycles. The number of hydrogen-bond acceptors (Lipinski definition) is 3. The van der Waals surface area contributed by atoms with Gasteiger partial charge in [0, 0.05) is 12.5 Å². The highest BCUT2D eigenvalue weighted by molar-refractivity contribution is 5.01. The lowest BCUT2D eigenvalue weighted by Gasteiger charge is -2.27. The van der Waals surface area contributed by atoms with E-state index in [1.165, 1.54) is 25.8 Å². The van der Waals surface area contributed by atoms with Crippen LogP contribution in [-0.4, -0.2) is 30.0 Å². The molecule has 0 bridgehead atoms. The lowest BCUT2D eigenvalue weighted by Crippen LogP contribution is -2.30. The van der Waals surface area contributed by atoms with Crippen LogP contribution in [0.1, 0.15) is 24.5 Å². The van der Waals surface area contributed by atoms with Gasteiger partial charge in [0.25, 0.3) is 0 Å². The SMILES string of the molecule is CN1CCC[C@H](c2cnco2)C1. The minimum atomic E-state index is 0.561. The molecule has 1 aliphatic rings. The summed E-state index contributed by atoms with van der Waals surface area (Å²) in [6.07, 6.45) is 5.86. The van der Waals surface area contributed by atoms with E-state index in [0.717, 1.165) is 12.3 Å². The number of nitrogens with zero attached hydrogens (tertiary/aromatic N) is 2. The average Bonchev–Trinajstić information content (AvgIpc) is 2.56. The summed E-state index contributed by atoms with van der Waals surface area (Å²) < 4.78 is 5.28. The van der Waals surface area contributed by atoms with Crippen LogP contribution in [-0.2, 0) is 0 Å². The summed E-state index contributed by atoms with van der Waals surface area (Å²) in [7, 11) is 2.16. The normalized spacial score (nSPS) is 25.9. The monoisotopic (exact) mass is 166 g/mol. The third-order valence-corrected chi connectivity index (χ3v) is 2.48. The van der Waals surface area contributed by atoms with E-state index in [1.807, 2.05) is 6.20 Å². The number of hydrogen-bond donors (Lipinski definition) is 0. The van der Waals surface area contributed by atoms with Gasteiger partial charge in [-0.05, 0) is 26.4 Å². The standard InChI is InChI=1S/C9H14N2O/c1-11-4-2-3-8(6-11)9-5-10-7-12-9/h5,7-8H,2-4,6H2,1H3/t8-/m0/s1. The molecule has 1 fully saturated rings. The number of likely N-dealkylation sites (N-methyl/N-ethyl adjacent to an activating group) is 1. The Labute approximate surface area is 72.4 Å². The van der Waals surface area contributed by atoms with Crippen molar-refractivity contribution in [1.82, 2.24) is 9.88 Å². The van der Waals surface area contributed by atoms with Gasteiger partial charge in [0.05, 0.1) is 6.20 Å². The van der Waals surface area contributed by atoms with Crippen molar-refractivity contribution in [3.05, 3.63) is 18.4 Å². The molecule has 1 aromatic rings. The highest BCUT2D eigenvalue weighted by Crippen LogP contribution is 2.25. The summed E-state index contributed by atoms with van der Waals surface area (Å²) in [6, 6.07) is 0. The fourth-order valence-electron chi connectivity index (χ4n) is 1.83. The Kier molecular flexibility index (Phi) is 2.13. The lowest BCUT2D eigenvalue weighted by atomic mass is 9.97. The smallest absolute Gasteiger partial charge is 0.180 e. The summed E-state index contributed by atoms with van der Waals surface area (Å²) in [5.74, 6) is 1.60. The molecule has 66 valence electrons. The third-order valence-electron chi connectivity index (χ3n) is 2.48. The molecule has 0 radical (unpaired) electrons. The van der Waals surface area contributed by atoms with Gasteiger partial charge in [-0.15, -0.1) is 0 Å². The number of aromatic nitrogens is 1. The molecule has 12 heavy (non-hydrogen) atoms. The van der Waals surface area contributed by atoms with Gasteiger partial charge in [0.1, 0.15) is 5.76 Å². The lowest BCUT2D eigenvalue weighted by molar-refractivity contribution is 0.234. The number of rotatable bonds is 1. The van der Waals surface area contributed by atoms with E-state index in [0.29, 0.717) is 5.92 Å². The molecule has 1 saturated heterocycles. The summed E-state index contributed by atoms with van der Waals surface area (Å²) >= 11 is 0. The molecule has 3 heteroatoms. The molecule has 2 heterocycles. The van der Waals surface area contributed by atoms with Crippen LogP contribution in [0.15, 0.2) is 17.0 Å². The Balaban J connectivity index is 2.04. The zero-order valence-corrected chi connectivity index (χ0v) is 7.36. The van der Waals surface area contributed by atoms with Crippen molar-refractivity contribution in [2.75, 3.05) is 20.1 Å². The number of piperidine rings is 1. The Morgan fingerprint density at radius 3 is 3.25 bits per heavy atom. The van der Waals surface area contributed by atoms with Crippen LogP contribution in [0, 0.1) is 0 Å². The molecule has 1 aromatic heterocycles. The van der Waals surface area contributed by atoms with Crippen LogP contribution in [0.4, 0.5) is 0 Å². The van der Waals surface area contributed by atoms with E-state index in [1.54, 1.807) is 0 Å². The second-order valence-corrected chi connectivity index (χ2v) is 3.51. The molecular formula is C9H14N2O. The van der Waals surface area contributed by atoms with E-state index in [2.05, 4.69) is 16.9 Å². The predicted molar refractivity (Wildman–Crippen MR) is 46.0 cm³/mol. The first-order valence-corrected chi connectivity index (χ1v) is 4.43. The van der Waals surface area contributed by atoms with E-state index < -0.39 is 0 Å². The van der Waals surface area contributed by atoms with Crippen molar-refractivity contribution in [2.45, 2.75) is 18.8 Å². The summed E-state index contributed by atoms with van der Waals surface area (Å²) in [5, 5.41) is 0. The van der Waals surface area contributed by atoms with Gasteiger partial charge in [0.15, 0.2) is 6.39 Å². The van der Waals surface area contributed by atoms with Gasteiger partial charge in [-0.25, -0.2) is 4.98 Å². The quantitative estimate of drug-likeness (QED) is 0.633. The first-order valence-electron chi connectivity index (χ1n) is 4.43. The van der Waals surface area contributed by atoms with Gasteiger partial charge >= 0.3 is 0 Å². The van der Waals surface area contributed by atoms with Gasteiger partial charge in [-0.2, -0.15) is 0 Å². The summed E-state index contributed by atoms with van der Waals surface area (Å²) in [5.41, 5.74) is 0. The summed E-state index contributed by atoms with van der Waals surface area (Å²) in [6.45, 7) is 2.32. The predicted octanol–water partition coefficient (Wildman–Crippen LogP) is 1.48. The van der Waals surface area contributed by atoms with Crippen molar-refractivity contribution in [2.24, 2.45) is 0 Å². The molecule has 0 spiro atoms. The molecule has 0 saturated carbocycles. The average molecular weight is 166 g/mol. The Bertz CT molecular complexity index is 233. The highest BCUT2D eigenvalue weighted by atomic mass is 16.3. The highest BCUT2D eigenvalue weighted by Gasteiger charge is 2.20. The topological polar surface area (TPSA) is 29.3 Å². The zero-order chi connectivity index (χ0) is 8.39. The van der Waals surface area contributed by atoms with Crippen LogP contribution in [0.5, 0.6) is 0 Å². The zero-order valence-electron chi connectivity index (χ0n) is 7.36. The fourth-order valence-corrected chi connectivity index (χ4v) is 1.83. The molecule has 2 rings (SSSR count). The Morgan fingerprint density at radius 1 is 1.67 bits per heavy atom. The molecule has 0 unspecified atom stereocenters. The van der Waals surface area contributed by atoms with Crippen LogP contribution >= 0.6 is 0 Å². The third kappa shape index (κ3) is 1.50. The second kappa shape index (κ2) is 3.27. The van der Waals surface area contributed by atoms with Crippen LogP contribution < -0.4 is 0 Å². The summed E-state index contributed by atoms with van der Waals surface area (Å²) in [4.78, 5) is 6.28. The second-order valence-electron chi connectivity index (χ2n) is 3.51. The molecular weight excluding hydrogens is 152 g/mol. The van der Waals surface area contributed by atoms with E-state index in [9.17, 15) is 0 Å². The van der Waals surface area contributed by atoms with Crippen molar-refractivity contribution in [3.8, 4) is 0 Å². The molecule has 0 aliphatic carbocycles.